The number of hydrogen-bond donors (Lipinski definition) is 1. The first-order valence-corrected chi connectivity index (χ1v) is 7.27. The molecule has 0 spiro atoms. The summed E-state index contributed by atoms with van der Waals surface area (Å²) in [5.74, 6) is 0.650. The molecule has 0 aliphatic heterocycles. The van der Waals surface area contributed by atoms with Crippen LogP contribution < -0.4 is 10.1 Å². The Labute approximate surface area is 134 Å². The van der Waals surface area contributed by atoms with Crippen molar-refractivity contribution in [1.29, 1.82) is 0 Å². The molecule has 23 heavy (non-hydrogen) atoms. The average molecular weight is 307 g/mol. The average Bonchev–Trinajstić information content (AvgIpc) is 3.10. The molecular weight excluding hydrogens is 290 g/mol. The number of nitrogens with zero attached hydrogens (tertiary/aromatic N) is 2. The lowest BCUT2D eigenvalue weighted by Gasteiger charge is -2.08. The van der Waals surface area contributed by atoms with Crippen LogP contribution in [-0.4, -0.2) is 22.8 Å². The number of carbonyl (C=O) groups excluding carboxylic acids is 1. The number of aromatic nitrogens is 2. The van der Waals surface area contributed by atoms with E-state index in [-0.39, 0.29) is 5.91 Å². The number of methoxy groups -OCH3 is 1. The summed E-state index contributed by atoms with van der Waals surface area (Å²) < 4.78 is 6.92. The zero-order chi connectivity index (χ0) is 16.1. The van der Waals surface area contributed by atoms with Gasteiger partial charge >= 0.3 is 0 Å². The van der Waals surface area contributed by atoms with Gasteiger partial charge in [-0.25, -0.2) is 4.68 Å². The fourth-order valence-corrected chi connectivity index (χ4v) is 2.28. The van der Waals surface area contributed by atoms with Crippen molar-refractivity contribution < 1.29 is 9.53 Å². The molecular formula is C18H17N3O2. The fraction of sp³-hybridized carbons (Fsp3) is 0.111. The van der Waals surface area contributed by atoms with Crippen molar-refractivity contribution in [2.45, 2.75) is 6.42 Å². The third-order valence-corrected chi connectivity index (χ3v) is 3.42. The largest absolute Gasteiger partial charge is 0.497 e. The Hall–Kier alpha value is -3.08. The van der Waals surface area contributed by atoms with Gasteiger partial charge in [0.1, 0.15) is 5.75 Å². The molecule has 5 heteroatoms. The van der Waals surface area contributed by atoms with Crippen LogP contribution in [0.2, 0.25) is 0 Å². The molecule has 1 heterocycles. The van der Waals surface area contributed by atoms with Crippen LogP contribution in [0.25, 0.3) is 5.69 Å². The number of carbonyl (C=O) groups is 1. The quantitative estimate of drug-likeness (QED) is 0.788. The van der Waals surface area contributed by atoms with Crippen molar-refractivity contribution in [3.05, 3.63) is 72.6 Å². The van der Waals surface area contributed by atoms with Crippen molar-refractivity contribution in [3.8, 4) is 11.4 Å². The van der Waals surface area contributed by atoms with E-state index in [1.165, 1.54) is 0 Å². The van der Waals surface area contributed by atoms with E-state index in [9.17, 15) is 4.79 Å². The van der Waals surface area contributed by atoms with Crippen LogP contribution in [0.5, 0.6) is 5.75 Å². The number of hydrogen-bond acceptors (Lipinski definition) is 3. The molecule has 0 aliphatic rings. The molecule has 0 unspecified atom stereocenters. The van der Waals surface area contributed by atoms with Gasteiger partial charge < -0.3 is 10.1 Å². The van der Waals surface area contributed by atoms with E-state index in [1.54, 1.807) is 24.1 Å². The molecule has 0 aliphatic carbocycles. The topological polar surface area (TPSA) is 56.1 Å². The van der Waals surface area contributed by atoms with Gasteiger partial charge in [0.05, 0.1) is 19.2 Å². The molecule has 0 saturated carbocycles. The molecule has 1 amide bonds. The highest BCUT2D eigenvalue weighted by Crippen LogP contribution is 2.17. The number of anilines is 1. The summed E-state index contributed by atoms with van der Waals surface area (Å²) in [6.45, 7) is 0. The van der Waals surface area contributed by atoms with Gasteiger partial charge in [-0.05, 0) is 35.9 Å². The van der Waals surface area contributed by atoms with Crippen molar-refractivity contribution in [1.82, 2.24) is 9.78 Å². The van der Waals surface area contributed by atoms with Crippen LogP contribution in [-0.2, 0) is 11.2 Å². The Balaban J connectivity index is 1.63. The molecule has 2 aromatic carbocycles. The fourth-order valence-electron chi connectivity index (χ4n) is 2.28. The summed E-state index contributed by atoms with van der Waals surface area (Å²) in [6, 6.07) is 16.9. The second-order valence-corrected chi connectivity index (χ2v) is 5.07. The van der Waals surface area contributed by atoms with Crippen LogP contribution >= 0.6 is 0 Å². The Morgan fingerprint density at radius 3 is 2.70 bits per heavy atom. The minimum atomic E-state index is -0.0647. The van der Waals surface area contributed by atoms with E-state index in [0.717, 1.165) is 16.9 Å². The zero-order valence-electron chi connectivity index (χ0n) is 12.8. The summed E-state index contributed by atoms with van der Waals surface area (Å²) in [4.78, 5) is 12.1. The van der Waals surface area contributed by atoms with Crippen molar-refractivity contribution in [3.63, 3.8) is 0 Å². The summed E-state index contributed by atoms with van der Waals surface area (Å²) in [5, 5.41) is 7.05. The number of ether oxygens (including phenoxy) is 1. The standard InChI is InChI=1S/C18H17N3O2/c1-23-17-5-2-4-15(13-17)20-18(22)12-14-6-8-16(9-7-14)21-11-3-10-19-21/h2-11,13H,12H2,1H3,(H,20,22). The molecule has 3 rings (SSSR count). The number of rotatable bonds is 5. The molecule has 0 atom stereocenters. The maximum Gasteiger partial charge on any atom is 0.228 e. The normalized spacial score (nSPS) is 10.3. The predicted octanol–water partition coefficient (Wildman–Crippen LogP) is 3.06. The van der Waals surface area contributed by atoms with Gasteiger partial charge in [0, 0.05) is 24.1 Å². The molecule has 5 nitrogen and oxygen atoms in total. The Bertz CT molecular complexity index is 780. The van der Waals surface area contributed by atoms with E-state index in [4.69, 9.17) is 4.74 Å². The van der Waals surface area contributed by atoms with E-state index < -0.39 is 0 Å². The highest BCUT2D eigenvalue weighted by molar-refractivity contribution is 5.92. The molecule has 0 fully saturated rings. The lowest BCUT2D eigenvalue weighted by Crippen LogP contribution is -2.14. The highest BCUT2D eigenvalue weighted by atomic mass is 16.5. The molecule has 116 valence electrons. The SMILES string of the molecule is COc1cccc(NC(=O)Cc2ccc(-n3cccn3)cc2)c1. The monoisotopic (exact) mass is 307 g/mol. The molecule has 0 saturated heterocycles. The maximum absolute atomic E-state index is 12.1. The number of benzene rings is 2. The van der Waals surface area contributed by atoms with Crippen LogP contribution in [0.1, 0.15) is 5.56 Å². The van der Waals surface area contributed by atoms with Crippen molar-refractivity contribution in [2.75, 3.05) is 12.4 Å². The van der Waals surface area contributed by atoms with E-state index in [0.29, 0.717) is 12.2 Å². The van der Waals surface area contributed by atoms with Crippen LogP contribution in [0, 0.1) is 0 Å². The minimum Gasteiger partial charge on any atom is -0.497 e. The maximum atomic E-state index is 12.1. The zero-order valence-corrected chi connectivity index (χ0v) is 12.8. The van der Waals surface area contributed by atoms with E-state index in [2.05, 4.69) is 10.4 Å². The van der Waals surface area contributed by atoms with Gasteiger partial charge in [0.15, 0.2) is 0 Å². The third kappa shape index (κ3) is 3.77. The van der Waals surface area contributed by atoms with Gasteiger partial charge in [-0.2, -0.15) is 5.10 Å². The minimum absolute atomic E-state index is 0.0647. The van der Waals surface area contributed by atoms with Gasteiger partial charge in [0.2, 0.25) is 5.91 Å². The third-order valence-electron chi connectivity index (χ3n) is 3.42. The van der Waals surface area contributed by atoms with Gasteiger partial charge in [-0.3, -0.25) is 4.79 Å². The predicted molar refractivity (Wildman–Crippen MR) is 88.9 cm³/mol. The summed E-state index contributed by atoms with van der Waals surface area (Å²) in [7, 11) is 1.60. The second-order valence-electron chi connectivity index (χ2n) is 5.07. The molecule has 1 N–H and O–H groups in total. The first-order chi connectivity index (χ1) is 11.2. The van der Waals surface area contributed by atoms with Crippen LogP contribution in [0.3, 0.4) is 0 Å². The molecule has 1 aromatic heterocycles. The van der Waals surface area contributed by atoms with Crippen molar-refractivity contribution >= 4 is 11.6 Å². The lowest BCUT2D eigenvalue weighted by molar-refractivity contribution is -0.115. The van der Waals surface area contributed by atoms with Crippen LogP contribution in [0.15, 0.2) is 67.0 Å². The van der Waals surface area contributed by atoms with Gasteiger partial charge in [-0.15, -0.1) is 0 Å². The Morgan fingerprint density at radius 2 is 2.00 bits per heavy atom. The van der Waals surface area contributed by atoms with Gasteiger partial charge in [-0.1, -0.05) is 18.2 Å². The molecule has 3 aromatic rings. The van der Waals surface area contributed by atoms with E-state index >= 15 is 0 Å². The Morgan fingerprint density at radius 1 is 1.17 bits per heavy atom. The number of amides is 1. The van der Waals surface area contributed by atoms with Crippen LogP contribution in [0.4, 0.5) is 5.69 Å². The number of nitrogens with one attached hydrogen (secondary N) is 1. The molecule has 0 bridgehead atoms. The van der Waals surface area contributed by atoms with E-state index in [1.807, 2.05) is 54.7 Å². The summed E-state index contributed by atoms with van der Waals surface area (Å²) in [6.07, 6.45) is 3.93. The van der Waals surface area contributed by atoms with Crippen molar-refractivity contribution in [2.24, 2.45) is 0 Å². The Kier molecular flexibility index (Phi) is 4.38. The first kappa shape index (κ1) is 14.8. The molecule has 0 radical (unpaired) electrons. The second kappa shape index (κ2) is 6.79. The lowest BCUT2D eigenvalue weighted by atomic mass is 10.1. The summed E-state index contributed by atoms with van der Waals surface area (Å²) >= 11 is 0. The summed E-state index contributed by atoms with van der Waals surface area (Å²) in [5.41, 5.74) is 2.63. The highest BCUT2D eigenvalue weighted by Gasteiger charge is 2.05. The van der Waals surface area contributed by atoms with Gasteiger partial charge in [0.25, 0.3) is 0 Å². The smallest absolute Gasteiger partial charge is 0.228 e. The first-order valence-electron chi connectivity index (χ1n) is 7.27.